The molecule has 2 aromatic rings. The van der Waals surface area contributed by atoms with Crippen LogP contribution in [0.25, 0.3) is 11.0 Å². The summed E-state index contributed by atoms with van der Waals surface area (Å²) in [5, 5.41) is 10.4. The van der Waals surface area contributed by atoms with Crippen LogP contribution in [0.5, 0.6) is 5.75 Å². The Kier molecular flexibility index (Phi) is 4.03. The molecule has 0 spiro atoms. The van der Waals surface area contributed by atoms with Crippen LogP contribution in [0.15, 0.2) is 27.4 Å². The lowest BCUT2D eigenvalue weighted by Crippen LogP contribution is -2.31. The molecule has 0 saturated carbocycles. The molecule has 0 bridgehead atoms. The second-order valence-corrected chi connectivity index (χ2v) is 7.23. The van der Waals surface area contributed by atoms with Gasteiger partial charge in [-0.15, -0.1) is 0 Å². The van der Waals surface area contributed by atoms with Crippen LogP contribution in [-0.4, -0.2) is 36.9 Å². The molecule has 0 amide bonds. The van der Waals surface area contributed by atoms with Gasteiger partial charge in [0.05, 0.1) is 17.2 Å². The van der Waals surface area contributed by atoms with Crippen LogP contribution in [-0.2, 0) is 16.5 Å². The molecule has 0 radical (unpaired) electrons. The Labute approximate surface area is 132 Å². The van der Waals surface area contributed by atoms with Crippen molar-refractivity contribution in [2.24, 2.45) is 0 Å². The van der Waals surface area contributed by atoms with Gasteiger partial charge in [-0.1, -0.05) is 0 Å². The molecule has 8 heteroatoms. The van der Waals surface area contributed by atoms with Gasteiger partial charge in [0.2, 0.25) is 0 Å². The van der Waals surface area contributed by atoms with Crippen molar-refractivity contribution in [3.8, 4) is 5.75 Å². The molecule has 0 fully saturated rings. The van der Waals surface area contributed by atoms with Crippen molar-refractivity contribution in [1.29, 1.82) is 0 Å². The average Bonchev–Trinajstić information content (AvgIpc) is 2.44. The van der Waals surface area contributed by atoms with E-state index in [1.807, 2.05) is 4.90 Å². The molecule has 3 rings (SSSR count). The monoisotopic (exact) mass is 339 g/mol. The van der Waals surface area contributed by atoms with Crippen molar-refractivity contribution in [2.75, 3.05) is 23.7 Å². The average molecular weight is 339 g/mol. The zero-order valence-electron chi connectivity index (χ0n) is 12.4. The number of hydrogen-bond acceptors (Lipinski definition) is 6. The van der Waals surface area contributed by atoms with Crippen LogP contribution in [0.1, 0.15) is 18.4 Å². The summed E-state index contributed by atoms with van der Waals surface area (Å²) < 4.78 is 35.6. The van der Waals surface area contributed by atoms with Gasteiger partial charge >= 0.3 is 5.63 Å². The van der Waals surface area contributed by atoms with Crippen molar-refractivity contribution in [1.82, 2.24) is 0 Å². The van der Waals surface area contributed by atoms with Gasteiger partial charge in [0.1, 0.15) is 11.3 Å². The minimum atomic E-state index is -3.97. The second kappa shape index (κ2) is 5.86. The molecule has 0 unspecified atom stereocenters. The zero-order chi connectivity index (χ0) is 16.6. The molecular weight excluding hydrogens is 322 g/mol. The first-order valence-electron chi connectivity index (χ1n) is 7.33. The van der Waals surface area contributed by atoms with Crippen LogP contribution in [0.3, 0.4) is 0 Å². The second-order valence-electron chi connectivity index (χ2n) is 5.66. The number of nitrogens with zero attached hydrogens (tertiary/aromatic N) is 1. The summed E-state index contributed by atoms with van der Waals surface area (Å²) in [5.74, 6) is -0.398. The van der Waals surface area contributed by atoms with Crippen LogP contribution >= 0.6 is 0 Å². The van der Waals surface area contributed by atoms with Gasteiger partial charge in [-0.2, -0.15) is 8.42 Å². The zero-order valence-corrected chi connectivity index (χ0v) is 13.2. The van der Waals surface area contributed by atoms with Gasteiger partial charge in [-0.05, 0) is 30.9 Å². The fourth-order valence-corrected chi connectivity index (χ4v) is 3.47. The third-order valence-electron chi connectivity index (χ3n) is 3.97. The number of hydrogen-bond donors (Lipinski definition) is 2. The highest BCUT2D eigenvalue weighted by molar-refractivity contribution is 7.85. The Bertz CT molecular complexity index is 902. The number of aryl methyl sites for hydroxylation is 1. The Morgan fingerprint density at radius 3 is 2.78 bits per heavy atom. The molecule has 0 atom stereocenters. The topological polar surface area (TPSA) is 108 Å². The van der Waals surface area contributed by atoms with E-state index in [4.69, 9.17) is 8.97 Å². The molecule has 2 heterocycles. The Morgan fingerprint density at radius 1 is 1.26 bits per heavy atom. The van der Waals surface area contributed by atoms with Gasteiger partial charge in [0.15, 0.2) is 0 Å². The largest absolute Gasteiger partial charge is 0.507 e. The summed E-state index contributed by atoms with van der Waals surface area (Å²) in [6, 6.07) is 4.55. The van der Waals surface area contributed by atoms with Crippen LogP contribution in [0.4, 0.5) is 5.69 Å². The normalized spacial score (nSPS) is 14.9. The molecule has 1 aromatic carbocycles. The smallest absolute Gasteiger partial charge is 0.339 e. The first-order chi connectivity index (χ1) is 10.8. The Balaban J connectivity index is 1.94. The molecular formula is C15H17NO6S. The minimum Gasteiger partial charge on any atom is -0.507 e. The van der Waals surface area contributed by atoms with E-state index in [2.05, 4.69) is 0 Å². The van der Waals surface area contributed by atoms with Gasteiger partial charge in [0.25, 0.3) is 10.1 Å². The molecule has 7 nitrogen and oxygen atoms in total. The number of fused-ring (bicyclic) bond motifs is 2. The van der Waals surface area contributed by atoms with E-state index in [9.17, 15) is 18.3 Å². The number of aromatic hydroxyl groups is 1. The molecule has 0 aliphatic carbocycles. The third-order valence-corrected chi connectivity index (χ3v) is 4.77. The predicted molar refractivity (Wildman–Crippen MR) is 85.7 cm³/mol. The fourth-order valence-electron chi connectivity index (χ4n) is 2.97. The maximum Gasteiger partial charge on any atom is 0.339 e. The first-order valence-corrected chi connectivity index (χ1v) is 8.94. The van der Waals surface area contributed by atoms with E-state index in [-0.39, 0.29) is 11.5 Å². The molecule has 1 aromatic heterocycles. The highest BCUT2D eigenvalue weighted by Gasteiger charge is 2.20. The van der Waals surface area contributed by atoms with Gasteiger partial charge in [0, 0.05) is 24.8 Å². The molecule has 23 heavy (non-hydrogen) atoms. The van der Waals surface area contributed by atoms with Gasteiger partial charge in [-0.3, -0.25) is 4.55 Å². The number of rotatable bonds is 4. The Hall–Kier alpha value is -2.06. The highest BCUT2D eigenvalue weighted by Crippen LogP contribution is 2.34. The SMILES string of the molecule is O=c1cc(O)c2cc3c(cc2o1)N(CCCS(=O)(=O)O)CCC3. The summed E-state index contributed by atoms with van der Waals surface area (Å²) in [6.07, 6.45) is 2.04. The van der Waals surface area contributed by atoms with E-state index in [0.29, 0.717) is 23.9 Å². The lowest BCUT2D eigenvalue weighted by atomic mass is 9.99. The number of benzene rings is 1. The van der Waals surface area contributed by atoms with Crippen molar-refractivity contribution >= 4 is 26.8 Å². The fraction of sp³-hybridized carbons (Fsp3) is 0.400. The van der Waals surface area contributed by atoms with Crippen LogP contribution < -0.4 is 10.5 Å². The molecule has 2 N–H and O–H groups in total. The lowest BCUT2D eigenvalue weighted by Gasteiger charge is -2.31. The lowest BCUT2D eigenvalue weighted by molar-refractivity contribution is 0.467. The number of anilines is 1. The van der Waals surface area contributed by atoms with Crippen LogP contribution in [0.2, 0.25) is 0 Å². The summed E-state index contributed by atoms with van der Waals surface area (Å²) in [5.41, 5.74) is 1.56. The summed E-state index contributed by atoms with van der Waals surface area (Å²) in [4.78, 5) is 13.4. The molecule has 1 aliphatic rings. The summed E-state index contributed by atoms with van der Waals surface area (Å²) in [6.45, 7) is 1.23. The van der Waals surface area contributed by atoms with Crippen molar-refractivity contribution in [3.05, 3.63) is 34.2 Å². The van der Waals surface area contributed by atoms with E-state index in [1.165, 1.54) is 0 Å². The standard InChI is InChI=1S/C15H17NO6S/c17-13-9-15(18)22-14-8-12-10(7-11(13)14)3-1-4-16(12)5-2-6-23(19,20)21/h7-9,17H,1-6H2,(H,19,20,21). The maximum absolute atomic E-state index is 11.4. The van der Waals surface area contributed by atoms with Crippen LogP contribution in [0, 0.1) is 0 Å². The van der Waals surface area contributed by atoms with Crippen molar-refractivity contribution in [3.63, 3.8) is 0 Å². The predicted octanol–water partition coefficient (Wildman–Crippen LogP) is 1.53. The van der Waals surface area contributed by atoms with Gasteiger partial charge in [-0.25, -0.2) is 4.79 Å². The van der Waals surface area contributed by atoms with E-state index in [0.717, 1.165) is 36.7 Å². The van der Waals surface area contributed by atoms with E-state index in [1.54, 1.807) is 12.1 Å². The molecule has 1 aliphatic heterocycles. The van der Waals surface area contributed by atoms with Crippen molar-refractivity contribution < 1.29 is 22.5 Å². The minimum absolute atomic E-state index is 0.109. The molecule has 124 valence electrons. The van der Waals surface area contributed by atoms with Crippen molar-refractivity contribution in [2.45, 2.75) is 19.3 Å². The summed E-state index contributed by atoms with van der Waals surface area (Å²) in [7, 11) is -3.97. The van der Waals surface area contributed by atoms with Gasteiger partial charge < -0.3 is 14.4 Å². The Morgan fingerprint density at radius 2 is 2.04 bits per heavy atom. The quantitative estimate of drug-likeness (QED) is 0.642. The molecule has 0 saturated heterocycles. The summed E-state index contributed by atoms with van der Waals surface area (Å²) >= 11 is 0. The highest BCUT2D eigenvalue weighted by atomic mass is 32.2. The maximum atomic E-state index is 11.4. The third kappa shape index (κ3) is 3.48. The first kappa shape index (κ1) is 15.8. The van der Waals surface area contributed by atoms with E-state index < -0.39 is 15.7 Å². The van der Waals surface area contributed by atoms with E-state index >= 15 is 0 Å².